The number of pyridine rings is 1. The van der Waals surface area contributed by atoms with Crippen LogP contribution in [-0.4, -0.2) is 4.98 Å². The van der Waals surface area contributed by atoms with Crippen LogP contribution in [0.5, 0.6) is 0 Å². The van der Waals surface area contributed by atoms with Gasteiger partial charge in [-0.15, -0.1) is 17.0 Å². The third-order valence-corrected chi connectivity index (χ3v) is 0.517. The molecule has 1 radical (unpaired) electrons. The molecule has 0 N–H and O–H groups in total. The first kappa shape index (κ1) is 6.63. The minimum Gasteiger partial charge on any atom is -0.255 e. The van der Waals surface area contributed by atoms with Crippen molar-refractivity contribution in [3.05, 3.63) is 30.6 Å². The van der Waals surface area contributed by atoms with Crippen LogP contribution in [0.15, 0.2) is 24.4 Å². The van der Waals surface area contributed by atoms with E-state index in [1.807, 2.05) is 12.1 Å². The van der Waals surface area contributed by atoms with E-state index in [4.69, 9.17) is 0 Å². The minimum absolute atomic E-state index is 0. The molecule has 0 unspecified atom stereocenters. The first-order valence-corrected chi connectivity index (χ1v) is 1.77. The Balaban J connectivity index is 0.000000360. The molecule has 0 aliphatic carbocycles. The SMILES string of the molecule is Br.[c]1ccccn1. The zero-order valence-electron chi connectivity index (χ0n) is 3.66. The fraction of sp³-hybridized carbons (Fsp3) is 0. The normalized spacial score (nSPS) is 6.86. The monoisotopic (exact) mass is 158 g/mol. The number of halogens is 1. The van der Waals surface area contributed by atoms with E-state index in [2.05, 4.69) is 11.2 Å². The molecule has 0 saturated heterocycles. The van der Waals surface area contributed by atoms with Crippen molar-refractivity contribution in [1.82, 2.24) is 4.98 Å². The highest BCUT2D eigenvalue weighted by molar-refractivity contribution is 8.93. The van der Waals surface area contributed by atoms with Crippen LogP contribution in [0.25, 0.3) is 0 Å². The van der Waals surface area contributed by atoms with Crippen LogP contribution >= 0.6 is 17.0 Å². The molecule has 0 saturated carbocycles. The molecule has 0 amide bonds. The Morgan fingerprint density at radius 3 is 2.29 bits per heavy atom. The lowest BCUT2D eigenvalue weighted by Gasteiger charge is -1.68. The summed E-state index contributed by atoms with van der Waals surface area (Å²) in [6.07, 6.45) is 4.34. The third-order valence-electron chi connectivity index (χ3n) is 0.517. The first-order chi connectivity index (χ1) is 3.00. The predicted molar refractivity (Wildman–Crippen MR) is 33.4 cm³/mol. The van der Waals surface area contributed by atoms with Crippen LogP contribution in [0.1, 0.15) is 0 Å². The van der Waals surface area contributed by atoms with Gasteiger partial charge in [0.15, 0.2) is 0 Å². The van der Waals surface area contributed by atoms with E-state index in [0.29, 0.717) is 0 Å². The Morgan fingerprint density at radius 2 is 2.14 bits per heavy atom. The van der Waals surface area contributed by atoms with E-state index < -0.39 is 0 Å². The summed E-state index contributed by atoms with van der Waals surface area (Å²) in [5.74, 6) is 0. The van der Waals surface area contributed by atoms with Gasteiger partial charge in [0.25, 0.3) is 0 Å². The van der Waals surface area contributed by atoms with Crippen molar-refractivity contribution in [3.63, 3.8) is 0 Å². The zero-order chi connectivity index (χ0) is 4.24. The van der Waals surface area contributed by atoms with E-state index in [0.717, 1.165) is 0 Å². The molecule has 1 heterocycles. The van der Waals surface area contributed by atoms with Gasteiger partial charge in [0.1, 0.15) is 0 Å². The molecule has 0 aliphatic heterocycles. The lowest BCUT2D eigenvalue weighted by Crippen LogP contribution is -1.60. The molecule has 0 atom stereocenters. The Morgan fingerprint density at radius 1 is 1.29 bits per heavy atom. The fourth-order valence-electron chi connectivity index (χ4n) is 0.277. The molecule has 7 heavy (non-hydrogen) atoms. The van der Waals surface area contributed by atoms with Crippen LogP contribution in [0.2, 0.25) is 0 Å². The van der Waals surface area contributed by atoms with Gasteiger partial charge in [0.05, 0.1) is 6.20 Å². The highest BCUT2D eigenvalue weighted by Crippen LogP contribution is 1.72. The average molecular weight is 159 g/mol. The summed E-state index contributed by atoms with van der Waals surface area (Å²) in [5, 5.41) is 0. The smallest absolute Gasteiger partial charge is 0.0886 e. The van der Waals surface area contributed by atoms with Gasteiger partial charge in [0.2, 0.25) is 0 Å². The summed E-state index contributed by atoms with van der Waals surface area (Å²) < 4.78 is 0. The molecule has 1 aromatic rings. The third kappa shape index (κ3) is 2.34. The van der Waals surface area contributed by atoms with E-state index in [1.165, 1.54) is 0 Å². The topological polar surface area (TPSA) is 12.9 Å². The minimum atomic E-state index is 0. The standard InChI is InChI=1S/C5H4N.BrH/c1-2-4-6-5-3-1;/h1-4H;1H. The molecule has 0 fully saturated rings. The number of hydrogen-bond acceptors (Lipinski definition) is 1. The van der Waals surface area contributed by atoms with Gasteiger partial charge in [-0.3, -0.25) is 4.98 Å². The van der Waals surface area contributed by atoms with Gasteiger partial charge in [-0.05, 0) is 12.1 Å². The van der Waals surface area contributed by atoms with Gasteiger partial charge >= 0.3 is 0 Å². The highest BCUT2D eigenvalue weighted by Gasteiger charge is 1.59. The Hall–Kier alpha value is -0.370. The van der Waals surface area contributed by atoms with Crippen LogP contribution in [0.3, 0.4) is 0 Å². The number of hydrogen-bond donors (Lipinski definition) is 0. The fourth-order valence-corrected chi connectivity index (χ4v) is 0.277. The van der Waals surface area contributed by atoms with Crippen molar-refractivity contribution < 1.29 is 0 Å². The molecule has 0 aromatic carbocycles. The average Bonchev–Trinajstić information content (AvgIpc) is 1.72. The summed E-state index contributed by atoms with van der Waals surface area (Å²) in [6, 6.07) is 5.50. The summed E-state index contributed by atoms with van der Waals surface area (Å²) in [4.78, 5) is 3.66. The van der Waals surface area contributed by atoms with Crippen molar-refractivity contribution in [2.75, 3.05) is 0 Å². The van der Waals surface area contributed by atoms with Gasteiger partial charge < -0.3 is 0 Å². The molecule has 0 aliphatic rings. The van der Waals surface area contributed by atoms with Crippen molar-refractivity contribution in [2.45, 2.75) is 0 Å². The molecule has 0 spiro atoms. The number of aromatic nitrogens is 1. The van der Waals surface area contributed by atoms with Gasteiger partial charge in [-0.25, -0.2) is 0 Å². The molecule has 2 heteroatoms. The summed E-state index contributed by atoms with van der Waals surface area (Å²) in [7, 11) is 0. The Kier molecular flexibility index (Phi) is 3.61. The van der Waals surface area contributed by atoms with Crippen LogP contribution in [0, 0.1) is 6.20 Å². The second-order valence-electron chi connectivity index (χ2n) is 0.959. The van der Waals surface area contributed by atoms with Gasteiger partial charge in [0, 0.05) is 6.20 Å². The molecule has 0 bridgehead atoms. The van der Waals surface area contributed by atoms with E-state index in [9.17, 15) is 0 Å². The van der Waals surface area contributed by atoms with E-state index in [1.54, 1.807) is 12.3 Å². The van der Waals surface area contributed by atoms with Gasteiger partial charge in [-0.2, -0.15) is 0 Å². The summed E-state index contributed by atoms with van der Waals surface area (Å²) >= 11 is 0. The second-order valence-corrected chi connectivity index (χ2v) is 0.959. The van der Waals surface area contributed by atoms with Crippen molar-refractivity contribution >= 4 is 17.0 Å². The van der Waals surface area contributed by atoms with Crippen LogP contribution < -0.4 is 0 Å². The van der Waals surface area contributed by atoms with Crippen molar-refractivity contribution in [2.24, 2.45) is 0 Å². The maximum atomic E-state index is 3.66. The maximum absolute atomic E-state index is 3.66. The predicted octanol–water partition coefficient (Wildman–Crippen LogP) is 1.46. The molecule has 1 nitrogen and oxygen atoms in total. The molecule has 1 rings (SSSR count). The lowest BCUT2D eigenvalue weighted by molar-refractivity contribution is 1.31. The number of nitrogens with zero attached hydrogens (tertiary/aromatic N) is 1. The molecular weight excluding hydrogens is 154 g/mol. The Labute approximate surface area is 53.2 Å². The molecule has 37 valence electrons. The zero-order valence-corrected chi connectivity index (χ0v) is 5.38. The number of rotatable bonds is 0. The van der Waals surface area contributed by atoms with Gasteiger partial charge in [-0.1, -0.05) is 6.07 Å². The quantitative estimate of drug-likeness (QED) is 0.558. The largest absolute Gasteiger partial charge is 0.255 e. The van der Waals surface area contributed by atoms with E-state index in [-0.39, 0.29) is 17.0 Å². The molecular formula is C5H5BrN. The first-order valence-electron chi connectivity index (χ1n) is 1.77. The molecule has 1 aromatic heterocycles. The lowest BCUT2D eigenvalue weighted by atomic mass is 10.5. The summed E-state index contributed by atoms with van der Waals surface area (Å²) in [5.41, 5.74) is 0. The van der Waals surface area contributed by atoms with Crippen molar-refractivity contribution in [3.8, 4) is 0 Å². The second kappa shape index (κ2) is 3.81. The van der Waals surface area contributed by atoms with E-state index >= 15 is 0 Å². The maximum Gasteiger partial charge on any atom is 0.0886 e. The van der Waals surface area contributed by atoms with Crippen molar-refractivity contribution in [1.29, 1.82) is 0 Å². The van der Waals surface area contributed by atoms with Crippen LogP contribution in [-0.2, 0) is 0 Å². The highest BCUT2D eigenvalue weighted by atomic mass is 79.9. The van der Waals surface area contributed by atoms with Crippen LogP contribution in [0.4, 0.5) is 0 Å². The summed E-state index contributed by atoms with van der Waals surface area (Å²) in [6.45, 7) is 0. The Bertz CT molecular complexity index is 80.0.